The maximum Gasteiger partial charge on any atom is 0.113 e. The van der Waals surface area contributed by atoms with Crippen LogP contribution >= 0.6 is 27.7 Å². The zero-order valence-corrected chi connectivity index (χ0v) is 12.9. The Bertz CT molecular complexity index is 539. The van der Waals surface area contributed by atoms with Gasteiger partial charge in [-0.25, -0.2) is 0 Å². The molecule has 0 radical (unpaired) electrons. The second kappa shape index (κ2) is 7.41. The second-order valence-electron chi connectivity index (χ2n) is 4.06. The van der Waals surface area contributed by atoms with Crippen molar-refractivity contribution in [2.45, 2.75) is 11.5 Å². The molecule has 0 aromatic heterocycles. The molecular weight excluding hydrogens is 320 g/mol. The summed E-state index contributed by atoms with van der Waals surface area (Å²) in [5.74, 6) is 1.57. The van der Waals surface area contributed by atoms with Crippen LogP contribution in [-0.2, 0) is 11.3 Å². The Hall–Kier alpha value is -1.19. The maximum atomic E-state index is 5.65. The molecule has 0 aliphatic rings. The van der Waals surface area contributed by atoms with Crippen LogP contribution in [0.3, 0.4) is 0 Å². The minimum Gasteiger partial charge on any atom is -0.493 e. The van der Waals surface area contributed by atoms with Crippen molar-refractivity contribution < 1.29 is 4.74 Å². The van der Waals surface area contributed by atoms with E-state index in [4.69, 9.17) is 4.74 Å². The molecule has 0 atom stereocenters. The van der Waals surface area contributed by atoms with E-state index in [1.54, 1.807) is 11.8 Å². The number of hydrogen-bond donors (Lipinski definition) is 0. The molecule has 0 spiro atoms. The number of hydrogen-bond acceptors (Lipinski definition) is 2. The highest BCUT2D eigenvalue weighted by Gasteiger charge is 2.00. The van der Waals surface area contributed by atoms with Crippen LogP contribution < -0.4 is 0 Å². The van der Waals surface area contributed by atoms with Gasteiger partial charge in [-0.2, -0.15) is 0 Å². The summed E-state index contributed by atoms with van der Waals surface area (Å²) < 4.78 is 6.74. The van der Waals surface area contributed by atoms with Gasteiger partial charge in [0.1, 0.15) is 6.61 Å². The molecular formula is C16H15BrOS. The van der Waals surface area contributed by atoms with Crippen molar-refractivity contribution in [2.24, 2.45) is 0 Å². The van der Waals surface area contributed by atoms with Gasteiger partial charge in [-0.3, -0.25) is 0 Å². The van der Waals surface area contributed by atoms with Gasteiger partial charge in [0, 0.05) is 9.37 Å². The molecule has 19 heavy (non-hydrogen) atoms. The lowest BCUT2D eigenvalue weighted by Gasteiger charge is -2.09. The number of rotatable bonds is 6. The van der Waals surface area contributed by atoms with Crippen LogP contribution in [0.2, 0.25) is 0 Å². The summed E-state index contributed by atoms with van der Waals surface area (Å²) in [6.45, 7) is 4.53. The Morgan fingerprint density at radius 1 is 1.11 bits per heavy atom. The van der Waals surface area contributed by atoms with Crippen LogP contribution in [0.25, 0.3) is 0 Å². The van der Waals surface area contributed by atoms with E-state index >= 15 is 0 Å². The minimum absolute atomic E-state index is 0.582. The molecule has 2 aromatic carbocycles. The lowest BCUT2D eigenvalue weighted by atomic mass is 10.2. The van der Waals surface area contributed by atoms with E-state index in [-0.39, 0.29) is 0 Å². The van der Waals surface area contributed by atoms with Crippen LogP contribution in [0.4, 0.5) is 0 Å². The van der Waals surface area contributed by atoms with Crippen molar-refractivity contribution in [1.82, 2.24) is 0 Å². The smallest absolute Gasteiger partial charge is 0.113 e. The fourth-order valence-corrected chi connectivity index (χ4v) is 2.87. The van der Waals surface area contributed by atoms with Crippen molar-refractivity contribution in [2.75, 3.05) is 5.75 Å². The third-order valence-corrected chi connectivity index (χ3v) is 4.03. The molecule has 0 amide bonds. The maximum absolute atomic E-state index is 5.65. The quantitative estimate of drug-likeness (QED) is 0.525. The molecule has 1 nitrogen and oxygen atoms in total. The predicted octanol–water partition coefficient (Wildman–Crippen LogP) is 5.27. The van der Waals surface area contributed by atoms with Crippen molar-refractivity contribution in [3.8, 4) is 0 Å². The van der Waals surface area contributed by atoms with E-state index in [9.17, 15) is 0 Å². The molecule has 0 saturated carbocycles. The Morgan fingerprint density at radius 2 is 1.89 bits per heavy atom. The van der Waals surface area contributed by atoms with E-state index in [0.29, 0.717) is 6.61 Å². The zero-order valence-electron chi connectivity index (χ0n) is 10.5. The normalized spacial score (nSPS) is 10.2. The molecule has 98 valence electrons. The fraction of sp³-hybridized carbons (Fsp3) is 0.125. The Kier molecular flexibility index (Phi) is 5.55. The van der Waals surface area contributed by atoms with E-state index in [2.05, 4.69) is 46.8 Å². The highest BCUT2D eigenvalue weighted by atomic mass is 79.9. The monoisotopic (exact) mass is 334 g/mol. The van der Waals surface area contributed by atoms with Gasteiger partial charge in [-0.05, 0) is 23.8 Å². The highest BCUT2D eigenvalue weighted by Crippen LogP contribution is 2.23. The molecule has 0 fully saturated rings. The molecule has 2 rings (SSSR count). The van der Waals surface area contributed by atoms with Crippen molar-refractivity contribution in [1.29, 1.82) is 0 Å². The number of benzene rings is 2. The summed E-state index contributed by atoms with van der Waals surface area (Å²) in [4.78, 5) is 1.21. The number of halogens is 1. The minimum atomic E-state index is 0.582. The van der Waals surface area contributed by atoms with E-state index in [1.807, 2.05) is 30.3 Å². The summed E-state index contributed by atoms with van der Waals surface area (Å²) in [5, 5.41) is 0. The first-order chi connectivity index (χ1) is 9.24. The van der Waals surface area contributed by atoms with Crippen LogP contribution in [0, 0.1) is 0 Å². The van der Waals surface area contributed by atoms with Crippen LogP contribution in [-0.4, -0.2) is 5.75 Å². The molecule has 0 heterocycles. The van der Waals surface area contributed by atoms with Crippen LogP contribution in [0.15, 0.2) is 76.3 Å². The summed E-state index contributed by atoms with van der Waals surface area (Å²) in [5.41, 5.74) is 1.16. The number of thioether (sulfide) groups is 1. The molecule has 0 N–H and O–H groups in total. The second-order valence-corrected chi connectivity index (χ2v) is 6.02. The Balaban J connectivity index is 1.76. The van der Waals surface area contributed by atoms with Gasteiger partial charge < -0.3 is 4.74 Å². The van der Waals surface area contributed by atoms with Gasteiger partial charge in [-0.1, -0.05) is 58.9 Å². The van der Waals surface area contributed by atoms with Crippen LogP contribution in [0.1, 0.15) is 5.56 Å². The first-order valence-corrected chi connectivity index (χ1v) is 7.75. The van der Waals surface area contributed by atoms with Gasteiger partial charge >= 0.3 is 0 Å². The first-order valence-electron chi connectivity index (χ1n) is 5.97. The molecule has 0 saturated heterocycles. The topological polar surface area (TPSA) is 9.23 Å². The lowest BCUT2D eigenvalue weighted by Crippen LogP contribution is -1.94. The molecule has 0 aliphatic carbocycles. The first kappa shape index (κ1) is 14.2. The third kappa shape index (κ3) is 5.13. The average Bonchev–Trinajstić information content (AvgIpc) is 2.44. The van der Waals surface area contributed by atoms with Crippen LogP contribution in [0.5, 0.6) is 0 Å². The zero-order chi connectivity index (χ0) is 13.5. The highest BCUT2D eigenvalue weighted by molar-refractivity contribution is 9.10. The Labute approximate surface area is 126 Å². The van der Waals surface area contributed by atoms with Gasteiger partial charge in [0.15, 0.2) is 0 Å². The summed E-state index contributed by atoms with van der Waals surface area (Å²) in [7, 11) is 0. The number of ether oxygens (including phenoxy) is 1. The van der Waals surface area contributed by atoms with Gasteiger partial charge in [0.05, 0.1) is 11.5 Å². The van der Waals surface area contributed by atoms with Gasteiger partial charge in [0.25, 0.3) is 0 Å². The van der Waals surface area contributed by atoms with Gasteiger partial charge in [0.2, 0.25) is 0 Å². The molecule has 2 aromatic rings. The summed E-state index contributed by atoms with van der Waals surface area (Å²) >= 11 is 5.19. The van der Waals surface area contributed by atoms with E-state index < -0.39 is 0 Å². The van der Waals surface area contributed by atoms with Crippen molar-refractivity contribution >= 4 is 27.7 Å². The fourth-order valence-electron chi connectivity index (χ4n) is 1.52. The standard InChI is InChI=1S/C16H15BrOS/c1-13(18-11-14-6-3-2-4-7-14)12-19-16-9-5-8-15(17)10-16/h2-10H,1,11-12H2. The summed E-state index contributed by atoms with van der Waals surface area (Å²) in [6.07, 6.45) is 0. The van der Waals surface area contributed by atoms with Crippen molar-refractivity contribution in [3.05, 3.63) is 77.0 Å². The van der Waals surface area contributed by atoms with Crippen molar-refractivity contribution in [3.63, 3.8) is 0 Å². The SMILES string of the molecule is C=C(CSc1cccc(Br)c1)OCc1ccccc1. The molecule has 3 heteroatoms. The van der Waals surface area contributed by atoms with Gasteiger partial charge in [-0.15, -0.1) is 11.8 Å². The summed E-state index contributed by atoms with van der Waals surface area (Å²) in [6, 6.07) is 18.3. The molecule has 0 aliphatic heterocycles. The molecule has 0 bridgehead atoms. The largest absolute Gasteiger partial charge is 0.493 e. The van der Waals surface area contributed by atoms with E-state index in [0.717, 1.165) is 21.5 Å². The predicted molar refractivity (Wildman–Crippen MR) is 85.2 cm³/mol. The third-order valence-electron chi connectivity index (χ3n) is 2.48. The Morgan fingerprint density at radius 3 is 2.63 bits per heavy atom. The lowest BCUT2D eigenvalue weighted by molar-refractivity contribution is 0.204. The average molecular weight is 335 g/mol. The van der Waals surface area contributed by atoms with E-state index in [1.165, 1.54) is 4.90 Å². The molecule has 0 unspecified atom stereocenters.